The molecule has 116 valence electrons. The van der Waals surface area contributed by atoms with Crippen LogP contribution in [0, 0.1) is 0 Å². The monoisotopic (exact) mass is 348 g/mol. The molecule has 0 fully saturated rings. The molecule has 0 saturated heterocycles. The van der Waals surface area contributed by atoms with E-state index >= 15 is 0 Å². The summed E-state index contributed by atoms with van der Waals surface area (Å²) >= 11 is 11.6. The molecule has 2 aromatic rings. The van der Waals surface area contributed by atoms with Crippen LogP contribution < -0.4 is 11.1 Å². The second-order valence-corrected chi connectivity index (χ2v) is 5.22. The number of rotatable bonds is 2. The number of amides is 1. The molecule has 0 aliphatic rings. The number of alkyl halides is 3. The summed E-state index contributed by atoms with van der Waals surface area (Å²) < 4.78 is 37.6. The smallest absolute Gasteiger partial charge is 0.397 e. The number of carbonyl (C=O) groups excluding carboxylic acids is 1. The first kappa shape index (κ1) is 16.5. The van der Waals surface area contributed by atoms with E-state index in [1.807, 2.05) is 0 Å². The fraction of sp³-hybridized carbons (Fsp3) is 0.0714. The maximum atomic E-state index is 12.5. The summed E-state index contributed by atoms with van der Waals surface area (Å²) in [6.07, 6.45) is -4.50. The molecule has 0 radical (unpaired) electrons. The number of anilines is 2. The van der Waals surface area contributed by atoms with Crippen LogP contribution in [0.4, 0.5) is 24.5 Å². The minimum Gasteiger partial charge on any atom is -0.397 e. The maximum Gasteiger partial charge on any atom is 0.416 e. The number of nitrogens with one attached hydrogen (secondary N) is 1. The first-order valence-corrected chi connectivity index (χ1v) is 6.67. The summed E-state index contributed by atoms with van der Waals surface area (Å²) in [4.78, 5) is 12.1. The van der Waals surface area contributed by atoms with E-state index in [2.05, 4.69) is 5.32 Å². The van der Waals surface area contributed by atoms with Crippen molar-refractivity contribution < 1.29 is 18.0 Å². The molecule has 22 heavy (non-hydrogen) atoms. The first-order valence-electron chi connectivity index (χ1n) is 5.91. The predicted octanol–water partition coefficient (Wildman–Crippen LogP) is 4.85. The summed E-state index contributed by atoms with van der Waals surface area (Å²) in [5.41, 5.74) is 4.63. The third-order valence-electron chi connectivity index (χ3n) is 2.80. The van der Waals surface area contributed by atoms with Crippen molar-refractivity contribution in [2.24, 2.45) is 0 Å². The van der Waals surface area contributed by atoms with Crippen LogP contribution in [0.25, 0.3) is 0 Å². The molecule has 0 atom stereocenters. The van der Waals surface area contributed by atoms with Crippen LogP contribution >= 0.6 is 23.2 Å². The van der Waals surface area contributed by atoms with Gasteiger partial charge in [-0.05, 0) is 36.4 Å². The fourth-order valence-corrected chi connectivity index (χ4v) is 2.21. The van der Waals surface area contributed by atoms with E-state index in [9.17, 15) is 18.0 Å². The molecular weight excluding hydrogens is 340 g/mol. The predicted molar refractivity (Wildman–Crippen MR) is 80.3 cm³/mol. The van der Waals surface area contributed by atoms with E-state index in [4.69, 9.17) is 28.9 Å². The third kappa shape index (κ3) is 3.64. The molecule has 2 aromatic carbocycles. The second-order valence-electron chi connectivity index (χ2n) is 4.38. The zero-order chi connectivity index (χ0) is 16.5. The SMILES string of the molecule is Nc1cc(C(F)(F)F)ccc1NC(=O)c1ccc(Cl)cc1Cl. The molecule has 0 aliphatic carbocycles. The van der Waals surface area contributed by atoms with Crippen LogP contribution in [0.15, 0.2) is 36.4 Å². The Balaban J connectivity index is 2.25. The standard InChI is InChI=1S/C14H9Cl2F3N2O/c15-8-2-3-9(10(16)6-8)13(22)21-12-4-1-7(5-11(12)20)14(17,18)19/h1-6H,20H2,(H,21,22). The average Bonchev–Trinajstić information content (AvgIpc) is 2.39. The Hall–Kier alpha value is -1.92. The summed E-state index contributed by atoms with van der Waals surface area (Å²) in [6, 6.07) is 6.92. The summed E-state index contributed by atoms with van der Waals surface area (Å²) in [5, 5.41) is 2.88. The van der Waals surface area contributed by atoms with Crippen LogP contribution in [0.3, 0.4) is 0 Å². The topological polar surface area (TPSA) is 55.1 Å². The molecule has 0 aliphatic heterocycles. The quantitative estimate of drug-likeness (QED) is 0.762. The summed E-state index contributed by atoms with van der Waals surface area (Å²) in [5.74, 6) is -0.604. The van der Waals surface area contributed by atoms with Crippen LogP contribution in [0.2, 0.25) is 10.0 Å². The number of nitrogen functional groups attached to an aromatic ring is 1. The van der Waals surface area contributed by atoms with Gasteiger partial charge >= 0.3 is 6.18 Å². The van der Waals surface area contributed by atoms with Gasteiger partial charge in [-0.3, -0.25) is 4.79 Å². The largest absolute Gasteiger partial charge is 0.416 e. The lowest BCUT2D eigenvalue weighted by Crippen LogP contribution is -2.14. The van der Waals surface area contributed by atoms with Crippen molar-refractivity contribution in [3.8, 4) is 0 Å². The molecule has 0 saturated carbocycles. The zero-order valence-corrected chi connectivity index (χ0v) is 12.4. The van der Waals surface area contributed by atoms with E-state index < -0.39 is 17.6 Å². The second kappa shape index (κ2) is 6.06. The van der Waals surface area contributed by atoms with E-state index in [-0.39, 0.29) is 22.0 Å². The highest BCUT2D eigenvalue weighted by Crippen LogP contribution is 2.33. The molecule has 0 unspecified atom stereocenters. The molecule has 0 heterocycles. The first-order chi connectivity index (χ1) is 10.2. The number of carbonyl (C=O) groups is 1. The van der Waals surface area contributed by atoms with Crippen LogP contribution in [-0.2, 0) is 6.18 Å². The number of nitrogens with two attached hydrogens (primary N) is 1. The van der Waals surface area contributed by atoms with Crippen molar-refractivity contribution in [2.45, 2.75) is 6.18 Å². The third-order valence-corrected chi connectivity index (χ3v) is 3.35. The van der Waals surface area contributed by atoms with Gasteiger partial charge in [0, 0.05) is 5.02 Å². The van der Waals surface area contributed by atoms with Gasteiger partial charge in [-0.2, -0.15) is 13.2 Å². The van der Waals surface area contributed by atoms with Gasteiger partial charge in [0.25, 0.3) is 5.91 Å². The van der Waals surface area contributed by atoms with Crippen LogP contribution in [0.5, 0.6) is 0 Å². The normalized spacial score (nSPS) is 11.3. The molecule has 0 bridgehead atoms. The Kier molecular flexibility index (Phi) is 4.53. The lowest BCUT2D eigenvalue weighted by Gasteiger charge is -2.12. The number of halogens is 5. The van der Waals surface area contributed by atoms with Gasteiger partial charge in [-0.1, -0.05) is 23.2 Å². The Morgan fingerprint density at radius 1 is 1.09 bits per heavy atom. The molecule has 2 rings (SSSR count). The van der Waals surface area contributed by atoms with Crippen molar-refractivity contribution in [1.29, 1.82) is 0 Å². The van der Waals surface area contributed by atoms with Gasteiger partial charge in [-0.15, -0.1) is 0 Å². The maximum absolute atomic E-state index is 12.5. The van der Waals surface area contributed by atoms with Crippen LogP contribution in [0.1, 0.15) is 15.9 Å². The highest BCUT2D eigenvalue weighted by atomic mass is 35.5. The van der Waals surface area contributed by atoms with Gasteiger partial charge in [0.2, 0.25) is 0 Å². The molecule has 3 nitrogen and oxygen atoms in total. The Morgan fingerprint density at radius 2 is 1.77 bits per heavy atom. The molecule has 3 N–H and O–H groups in total. The highest BCUT2D eigenvalue weighted by Gasteiger charge is 2.30. The van der Waals surface area contributed by atoms with Gasteiger partial charge in [0.05, 0.1) is 27.5 Å². The lowest BCUT2D eigenvalue weighted by atomic mass is 10.1. The van der Waals surface area contributed by atoms with E-state index in [0.29, 0.717) is 5.02 Å². The average molecular weight is 349 g/mol. The number of benzene rings is 2. The van der Waals surface area contributed by atoms with E-state index in [1.165, 1.54) is 18.2 Å². The zero-order valence-electron chi connectivity index (χ0n) is 10.8. The molecular formula is C14H9Cl2F3N2O. The minimum absolute atomic E-state index is 0.0593. The summed E-state index contributed by atoms with van der Waals surface area (Å²) in [6.45, 7) is 0. The van der Waals surface area contributed by atoms with Crippen molar-refractivity contribution in [1.82, 2.24) is 0 Å². The number of hydrogen-bond acceptors (Lipinski definition) is 2. The Morgan fingerprint density at radius 3 is 2.32 bits per heavy atom. The minimum atomic E-state index is -4.50. The van der Waals surface area contributed by atoms with Crippen LogP contribution in [-0.4, -0.2) is 5.91 Å². The van der Waals surface area contributed by atoms with Crippen molar-refractivity contribution >= 4 is 40.5 Å². The van der Waals surface area contributed by atoms with Gasteiger partial charge in [-0.25, -0.2) is 0 Å². The van der Waals surface area contributed by atoms with Crippen molar-refractivity contribution in [2.75, 3.05) is 11.1 Å². The molecule has 0 spiro atoms. The van der Waals surface area contributed by atoms with E-state index in [0.717, 1.165) is 18.2 Å². The highest BCUT2D eigenvalue weighted by molar-refractivity contribution is 6.37. The Bertz CT molecular complexity index is 733. The fourth-order valence-electron chi connectivity index (χ4n) is 1.72. The van der Waals surface area contributed by atoms with Gasteiger partial charge in [0.1, 0.15) is 0 Å². The lowest BCUT2D eigenvalue weighted by molar-refractivity contribution is -0.137. The van der Waals surface area contributed by atoms with Gasteiger partial charge in [0.15, 0.2) is 0 Å². The molecule has 1 amide bonds. The molecule has 0 aromatic heterocycles. The molecule has 8 heteroatoms. The Labute approximate surface area is 133 Å². The number of hydrogen-bond donors (Lipinski definition) is 2. The summed E-state index contributed by atoms with van der Waals surface area (Å²) in [7, 11) is 0. The van der Waals surface area contributed by atoms with E-state index in [1.54, 1.807) is 0 Å². The van der Waals surface area contributed by atoms with Gasteiger partial charge < -0.3 is 11.1 Å². The van der Waals surface area contributed by atoms with Crippen molar-refractivity contribution in [3.63, 3.8) is 0 Å². The van der Waals surface area contributed by atoms with Crippen molar-refractivity contribution in [3.05, 3.63) is 57.6 Å².